The maximum Gasteiger partial charge on any atom is 0.0861 e. The van der Waals surface area contributed by atoms with Crippen molar-refractivity contribution in [3.05, 3.63) is 0 Å². The number of hydrogen-bond acceptors (Lipinski definition) is 4. The summed E-state index contributed by atoms with van der Waals surface area (Å²) in [6.07, 6.45) is 17.3. The van der Waals surface area contributed by atoms with E-state index in [1.807, 2.05) is 0 Å². The average Bonchev–Trinajstić information content (AvgIpc) is 2.60. The first-order valence-electron chi connectivity index (χ1n) is 10.1. The Balaban J connectivity index is 3.29. The van der Waals surface area contributed by atoms with Crippen molar-refractivity contribution in [2.45, 2.75) is 103 Å². The van der Waals surface area contributed by atoms with Crippen LogP contribution in [0.4, 0.5) is 0 Å². The van der Waals surface area contributed by atoms with Crippen molar-refractivity contribution in [3.63, 3.8) is 0 Å². The van der Waals surface area contributed by atoms with Crippen molar-refractivity contribution in [3.8, 4) is 0 Å². The number of ether oxygens (including phenoxy) is 1. The SMILES string of the molecule is CCCCCCCCCCCCCC[C@@H](CSC[C@H](O)CO)OC. The highest BCUT2D eigenvalue weighted by molar-refractivity contribution is 7.99. The Kier molecular flexibility index (Phi) is 19.7. The third-order valence-corrected chi connectivity index (χ3v) is 5.77. The average molecular weight is 363 g/mol. The van der Waals surface area contributed by atoms with Gasteiger partial charge in [0, 0.05) is 18.6 Å². The normalized spacial score (nSPS) is 14.0. The molecule has 2 atom stereocenters. The molecule has 0 aromatic rings. The van der Waals surface area contributed by atoms with Gasteiger partial charge in [-0.1, -0.05) is 84.0 Å². The fourth-order valence-electron chi connectivity index (χ4n) is 2.87. The number of thioether (sulfide) groups is 1. The molecule has 4 heteroatoms. The summed E-state index contributed by atoms with van der Waals surface area (Å²) in [6.45, 7) is 2.12. The van der Waals surface area contributed by atoms with Gasteiger partial charge in [-0.05, 0) is 6.42 Å². The summed E-state index contributed by atoms with van der Waals surface area (Å²) in [7, 11) is 1.77. The molecule has 0 bridgehead atoms. The summed E-state index contributed by atoms with van der Waals surface area (Å²) in [4.78, 5) is 0. The van der Waals surface area contributed by atoms with Crippen LogP contribution in [0.2, 0.25) is 0 Å². The molecule has 0 aliphatic heterocycles. The van der Waals surface area contributed by atoms with Crippen molar-refractivity contribution in [1.82, 2.24) is 0 Å². The Morgan fingerprint density at radius 2 is 1.29 bits per heavy atom. The number of rotatable bonds is 19. The van der Waals surface area contributed by atoms with Gasteiger partial charge < -0.3 is 14.9 Å². The van der Waals surface area contributed by atoms with Crippen LogP contribution in [-0.4, -0.2) is 47.6 Å². The number of aliphatic hydroxyl groups excluding tert-OH is 2. The third kappa shape index (κ3) is 17.1. The van der Waals surface area contributed by atoms with Crippen LogP contribution in [0.1, 0.15) is 90.4 Å². The Morgan fingerprint density at radius 1 is 0.792 bits per heavy atom. The van der Waals surface area contributed by atoms with E-state index >= 15 is 0 Å². The van der Waals surface area contributed by atoms with E-state index < -0.39 is 6.10 Å². The smallest absolute Gasteiger partial charge is 0.0861 e. The standard InChI is InChI=1S/C20H42O3S/c1-3-4-5-6-7-8-9-10-11-12-13-14-15-20(23-2)18-24-17-19(22)16-21/h19-22H,3-18H2,1-2H3/t19-,20+/m1/s1. The van der Waals surface area contributed by atoms with Gasteiger partial charge in [0.25, 0.3) is 0 Å². The summed E-state index contributed by atoms with van der Waals surface area (Å²) >= 11 is 1.67. The van der Waals surface area contributed by atoms with E-state index in [4.69, 9.17) is 9.84 Å². The molecule has 0 aromatic heterocycles. The molecule has 0 aliphatic rings. The summed E-state index contributed by atoms with van der Waals surface area (Å²) in [5.74, 6) is 1.50. The highest BCUT2D eigenvalue weighted by atomic mass is 32.2. The van der Waals surface area contributed by atoms with Gasteiger partial charge in [0.15, 0.2) is 0 Å². The second kappa shape index (κ2) is 19.6. The van der Waals surface area contributed by atoms with Gasteiger partial charge in [-0.3, -0.25) is 0 Å². The predicted octanol–water partition coefficient (Wildman–Crippen LogP) is 5.18. The first-order chi connectivity index (χ1) is 11.7. The van der Waals surface area contributed by atoms with Crippen molar-refractivity contribution in [1.29, 1.82) is 0 Å². The quantitative estimate of drug-likeness (QED) is 0.311. The zero-order valence-electron chi connectivity index (χ0n) is 16.2. The predicted molar refractivity (Wildman–Crippen MR) is 107 cm³/mol. The first kappa shape index (κ1) is 24.2. The number of methoxy groups -OCH3 is 1. The minimum Gasteiger partial charge on any atom is -0.394 e. The lowest BCUT2D eigenvalue weighted by Gasteiger charge is -2.15. The van der Waals surface area contributed by atoms with Crippen LogP contribution in [0.3, 0.4) is 0 Å². The van der Waals surface area contributed by atoms with Gasteiger partial charge in [-0.15, -0.1) is 0 Å². The van der Waals surface area contributed by atoms with Gasteiger partial charge in [0.05, 0.1) is 18.8 Å². The van der Waals surface area contributed by atoms with E-state index in [-0.39, 0.29) is 12.7 Å². The minimum atomic E-state index is -0.598. The number of hydrogen-bond donors (Lipinski definition) is 2. The van der Waals surface area contributed by atoms with Crippen LogP contribution < -0.4 is 0 Å². The van der Waals surface area contributed by atoms with Crippen LogP contribution in [0.25, 0.3) is 0 Å². The molecule has 0 saturated heterocycles. The van der Waals surface area contributed by atoms with Crippen molar-refractivity contribution in [2.24, 2.45) is 0 Å². The summed E-state index contributed by atoms with van der Waals surface area (Å²) < 4.78 is 5.50. The molecule has 2 N–H and O–H groups in total. The van der Waals surface area contributed by atoms with Gasteiger partial charge in [0.1, 0.15) is 0 Å². The second-order valence-corrected chi connectivity index (χ2v) is 7.98. The van der Waals surface area contributed by atoms with Crippen molar-refractivity contribution >= 4 is 11.8 Å². The Hall–Kier alpha value is 0.230. The van der Waals surface area contributed by atoms with Crippen LogP contribution in [0, 0.1) is 0 Å². The van der Waals surface area contributed by atoms with Gasteiger partial charge in [-0.2, -0.15) is 11.8 Å². The van der Waals surface area contributed by atoms with E-state index in [0.717, 1.165) is 12.2 Å². The zero-order chi connectivity index (χ0) is 17.9. The number of unbranched alkanes of at least 4 members (excludes halogenated alkanes) is 11. The summed E-state index contributed by atoms with van der Waals surface area (Å²) in [5, 5.41) is 18.1. The van der Waals surface area contributed by atoms with Crippen LogP contribution in [-0.2, 0) is 4.74 Å². The Bertz CT molecular complexity index is 239. The molecule has 0 heterocycles. The van der Waals surface area contributed by atoms with Crippen LogP contribution in [0.15, 0.2) is 0 Å². The largest absolute Gasteiger partial charge is 0.394 e. The monoisotopic (exact) mass is 362 g/mol. The fraction of sp³-hybridized carbons (Fsp3) is 1.00. The Labute approximate surface area is 154 Å². The maximum atomic E-state index is 9.32. The molecule has 0 unspecified atom stereocenters. The molecule has 0 amide bonds. The van der Waals surface area contributed by atoms with E-state index in [1.165, 1.54) is 77.0 Å². The van der Waals surface area contributed by atoms with Gasteiger partial charge >= 0.3 is 0 Å². The molecular formula is C20H42O3S. The lowest BCUT2D eigenvalue weighted by molar-refractivity contribution is 0.108. The van der Waals surface area contributed by atoms with Gasteiger partial charge in [0.2, 0.25) is 0 Å². The molecule has 0 rings (SSSR count). The van der Waals surface area contributed by atoms with Crippen molar-refractivity contribution < 1.29 is 14.9 Å². The van der Waals surface area contributed by atoms with Crippen LogP contribution >= 0.6 is 11.8 Å². The molecular weight excluding hydrogens is 320 g/mol. The molecule has 0 spiro atoms. The molecule has 0 fully saturated rings. The topological polar surface area (TPSA) is 49.7 Å². The molecule has 0 aliphatic carbocycles. The van der Waals surface area contributed by atoms with E-state index in [0.29, 0.717) is 5.75 Å². The zero-order valence-corrected chi connectivity index (χ0v) is 17.0. The third-order valence-electron chi connectivity index (χ3n) is 4.54. The lowest BCUT2D eigenvalue weighted by atomic mass is 10.0. The lowest BCUT2D eigenvalue weighted by Crippen LogP contribution is -2.19. The van der Waals surface area contributed by atoms with E-state index in [2.05, 4.69) is 6.92 Å². The fourth-order valence-corrected chi connectivity index (χ4v) is 3.95. The molecule has 24 heavy (non-hydrogen) atoms. The molecule has 3 nitrogen and oxygen atoms in total. The van der Waals surface area contributed by atoms with E-state index in [1.54, 1.807) is 18.9 Å². The molecule has 0 radical (unpaired) electrons. The van der Waals surface area contributed by atoms with Gasteiger partial charge in [-0.25, -0.2) is 0 Å². The molecule has 0 aromatic carbocycles. The Morgan fingerprint density at radius 3 is 1.75 bits per heavy atom. The summed E-state index contributed by atoms with van der Waals surface area (Å²) in [6, 6.07) is 0. The van der Waals surface area contributed by atoms with Crippen LogP contribution in [0.5, 0.6) is 0 Å². The number of aliphatic hydroxyl groups is 2. The highest BCUT2D eigenvalue weighted by Crippen LogP contribution is 2.16. The summed E-state index contributed by atoms with van der Waals surface area (Å²) in [5.41, 5.74) is 0. The second-order valence-electron chi connectivity index (χ2n) is 6.91. The van der Waals surface area contributed by atoms with E-state index in [9.17, 15) is 5.11 Å². The van der Waals surface area contributed by atoms with Crippen molar-refractivity contribution in [2.75, 3.05) is 25.2 Å². The molecule has 0 saturated carbocycles. The minimum absolute atomic E-state index is 0.149. The maximum absolute atomic E-state index is 9.32. The highest BCUT2D eigenvalue weighted by Gasteiger charge is 2.09. The molecule has 146 valence electrons. The first-order valence-corrected chi connectivity index (χ1v) is 11.3.